The Bertz CT molecular complexity index is 483. The summed E-state index contributed by atoms with van der Waals surface area (Å²) in [7, 11) is 0. The van der Waals surface area contributed by atoms with Gasteiger partial charge in [-0.3, -0.25) is 0 Å². The van der Waals surface area contributed by atoms with Gasteiger partial charge in [0.2, 0.25) is 5.88 Å². The lowest BCUT2D eigenvalue weighted by Crippen LogP contribution is -1.99. The Morgan fingerprint density at radius 1 is 1.24 bits per heavy atom. The molecule has 0 aliphatic rings. The van der Waals surface area contributed by atoms with E-state index in [4.69, 9.17) is 9.84 Å². The third kappa shape index (κ3) is 3.04. The van der Waals surface area contributed by atoms with E-state index in [1.54, 1.807) is 6.20 Å². The number of aliphatic hydroxyl groups excluding tert-OH is 1. The van der Waals surface area contributed by atoms with Crippen molar-refractivity contribution >= 4 is 0 Å². The Balaban J connectivity index is 2.02. The molecule has 0 aliphatic carbocycles. The number of hydrogen-bond donors (Lipinski definition) is 1. The summed E-state index contributed by atoms with van der Waals surface area (Å²) in [6.07, 6.45) is 1.65. The average molecular weight is 229 g/mol. The smallest absolute Gasteiger partial charge is 0.213 e. The van der Waals surface area contributed by atoms with E-state index < -0.39 is 0 Å². The van der Waals surface area contributed by atoms with E-state index in [2.05, 4.69) is 4.98 Å². The molecule has 0 aliphatic heterocycles. The van der Waals surface area contributed by atoms with Crippen molar-refractivity contribution in [2.24, 2.45) is 0 Å². The number of pyridine rings is 1. The molecule has 2 aromatic rings. The molecule has 3 nitrogen and oxygen atoms in total. The van der Waals surface area contributed by atoms with E-state index in [0.717, 1.165) is 16.7 Å². The highest BCUT2D eigenvalue weighted by Gasteiger charge is 2.01. The molecule has 17 heavy (non-hydrogen) atoms. The highest BCUT2D eigenvalue weighted by atomic mass is 16.5. The van der Waals surface area contributed by atoms with Gasteiger partial charge in [-0.2, -0.15) is 0 Å². The summed E-state index contributed by atoms with van der Waals surface area (Å²) in [6, 6.07) is 11.8. The van der Waals surface area contributed by atoms with Crippen molar-refractivity contribution in [1.82, 2.24) is 4.98 Å². The summed E-state index contributed by atoms with van der Waals surface area (Å²) in [5, 5.41) is 9.04. The lowest BCUT2D eigenvalue weighted by Gasteiger charge is -2.07. The van der Waals surface area contributed by atoms with Gasteiger partial charge in [-0.1, -0.05) is 30.3 Å². The van der Waals surface area contributed by atoms with E-state index in [0.29, 0.717) is 12.5 Å². The van der Waals surface area contributed by atoms with E-state index in [1.165, 1.54) is 0 Å². The topological polar surface area (TPSA) is 42.4 Å². The Morgan fingerprint density at radius 2 is 2.00 bits per heavy atom. The summed E-state index contributed by atoms with van der Waals surface area (Å²) < 4.78 is 5.58. The zero-order valence-corrected chi connectivity index (χ0v) is 9.76. The summed E-state index contributed by atoms with van der Waals surface area (Å²) in [4.78, 5) is 4.14. The lowest BCUT2D eigenvalue weighted by molar-refractivity contribution is 0.277. The van der Waals surface area contributed by atoms with Crippen molar-refractivity contribution in [3.8, 4) is 5.88 Å². The zero-order valence-electron chi connectivity index (χ0n) is 9.76. The molecule has 0 saturated heterocycles. The number of aromatic nitrogens is 1. The van der Waals surface area contributed by atoms with Crippen LogP contribution in [0.3, 0.4) is 0 Å². The maximum Gasteiger partial charge on any atom is 0.213 e. The number of ether oxygens (including phenoxy) is 1. The van der Waals surface area contributed by atoms with E-state index >= 15 is 0 Å². The van der Waals surface area contributed by atoms with Crippen LogP contribution in [-0.2, 0) is 13.2 Å². The van der Waals surface area contributed by atoms with Gasteiger partial charge in [0.25, 0.3) is 0 Å². The summed E-state index contributed by atoms with van der Waals surface area (Å²) >= 11 is 0. The SMILES string of the molecule is Cc1cc(OCc2ccccc2)ncc1CO. The predicted octanol–water partition coefficient (Wildman–Crippen LogP) is 2.46. The molecule has 1 aromatic carbocycles. The minimum atomic E-state index is 0.0117. The molecule has 88 valence electrons. The molecular weight excluding hydrogens is 214 g/mol. The first-order chi connectivity index (χ1) is 8.29. The van der Waals surface area contributed by atoms with Crippen LogP contribution in [0.15, 0.2) is 42.6 Å². The van der Waals surface area contributed by atoms with E-state index in [9.17, 15) is 0 Å². The van der Waals surface area contributed by atoms with Crippen LogP contribution in [0.1, 0.15) is 16.7 Å². The van der Waals surface area contributed by atoms with Crippen molar-refractivity contribution in [2.75, 3.05) is 0 Å². The summed E-state index contributed by atoms with van der Waals surface area (Å²) in [5.74, 6) is 0.587. The van der Waals surface area contributed by atoms with Crippen LogP contribution in [0.4, 0.5) is 0 Å². The van der Waals surface area contributed by atoms with Gasteiger partial charge in [0.15, 0.2) is 0 Å². The minimum Gasteiger partial charge on any atom is -0.473 e. The van der Waals surface area contributed by atoms with Crippen LogP contribution in [0.2, 0.25) is 0 Å². The molecule has 0 bridgehead atoms. The van der Waals surface area contributed by atoms with Crippen molar-refractivity contribution in [2.45, 2.75) is 20.1 Å². The van der Waals surface area contributed by atoms with Crippen LogP contribution in [0.5, 0.6) is 5.88 Å². The predicted molar refractivity (Wildman–Crippen MR) is 65.7 cm³/mol. The number of rotatable bonds is 4. The number of nitrogens with zero attached hydrogens (tertiary/aromatic N) is 1. The Morgan fingerprint density at radius 3 is 2.65 bits per heavy atom. The van der Waals surface area contributed by atoms with Gasteiger partial charge >= 0.3 is 0 Å². The largest absolute Gasteiger partial charge is 0.473 e. The second kappa shape index (κ2) is 5.46. The fourth-order valence-electron chi connectivity index (χ4n) is 1.53. The van der Waals surface area contributed by atoms with Crippen molar-refractivity contribution in [1.29, 1.82) is 0 Å². The van der Waals surface area contributed by atoms with Gasteiger partial charge in [-0.05, 0) is 23.6 Å². The highest BCUT2D eigenvalue weighted by Crippen LogP contribution is 2.15. The van der Waals surface area contributed by atoms with Crippen molar-refractivity contribution < 1.29 is 9.84 Å². The molecule has 0 unspecified atom stereocenters. The third-order valence-electron chi connectivity index (χ3n) is 2.59. The normalized spacial score (nSPS) is 10.2. The molecule has 0 fully saturated rings. The highest BCUT2D eigenvalue weighted by molar-refractivity contribution is 5.27. The number of aryl methyl sites for hydroxylation is 1. The molecule has 3 heteroatoms. The van der Waals surface area contributed by atoms with Gasteiger partial charge in [-0.15, -0.1) is 0 Å². The molecule has 1 N–H and O–H groups in total. The fourth-order valence-corrected chi connectivity index (χ4v) is 1.53. The van der Waals surface area contributed by atoms with E-state index in [-0.39, 0.29) is 6.61 Å². The van der Waals surface area contributed by atoms with Crippen LogP contribution in [0.25, 0.3) is 0 Å². The third-order valence-corrected chi connectivity index (χ3v) is 2.59. The first-order valence-corrected chi connectivity index (χ1v) is 5.52. The van der Waals surface area contributed by atoms with Crippen LogP contribution in [-0.4, -0.2) is 10.1 Å². The van der Waals surface area contributed by atoms with Crippen molar-refractivity contribution in [3.05, 3.63) is 59.3 Å². The summed E-state index contributed by atoms with van der Waals surface area (Å²) in [6.45, 7) is 2.45. The Kier molecular flexibility index (Phi) is 3.73. The van der Waals surface area contributed by atoms with Crippen LogP contribution < -0.4 is 4.74 Å². The van der Waals surface area contributed by atoms with Gasteiger partial charge < -0.3 is 9.84 Å². The van der Waals surface area contributed by atoms with Crippen molar-refractivity contribution in [3.63, 3.8) is 0 Å². The maximum absolute atomic E-state index is 9.04. The van der Waals surface area contributed by atoms with Crippen LogP contribution in [0, 0.1) is 6.92 Å². The quantitative estimate of drug-likeness (QED) is 0.875. The standard InChI is InChI=1S/C14H15NO2/c1-11-7-14(15-8-13(11)9-16)17-10-12-5-3-2-4-6-12/h2-8,16H,9-10H2,1H3. The number of hydrogen-bond acceptors (Lipinski definition) is 3. The minimum absolute atomic E-state index is 0.0117. The monoisotopic (exact) mass is 229 g/mol. The lowest BCUT2D eigenvalue weighted by atomic mass is 10.2. The molecule has 1 heterocycles. The first kappa shape index (κ1) is 11.6. The van der Waals surface area contributed by atoms with Crippen LogP contribution >= 0.6 is 0 Å². The number of aliphatic hydroxyl groups is 1. The maximum atomic E-state index is 9.04. The first-order valence-electron chi connectivity index (χ1n) is 5.52. The number of benzene rings is 1. The molecule has 0 amide bonds. The Hall–Kier alpha value is -1.87. The molecule has 0 saturated carbocycles. The summed E-state index contributed by atoms with van der Waals surface area (Å²) in [5.41, 5.74) is 2.93. The molecule has 1 aromatic heterocycles. The van der Waals surface area contributed by atoms with Gasteiger partial charge in [-0.25, -0.2) is 4.98 Å². The Labute approximate surface area is 101 Å². The van der Waals surface area contributed by atoms with E-state index in [1.807, 2.05) is 43.3 Å². The molecule has 0 radical (unpaired) electrons. The molecule has 0 spiro atoms. The fraction of sp³-hybridized carbons (Fsp3) is 0.214. The second-order valence-electron chi connectivity index (χ2n) is 3.88. The molecular formula is C14H15NO2. The zero-order chi connectivity index (χ0) is 12.1. The molecule has 0 atom stereocenters. The average Bonchev–Trinajstić information content (AvgIpc) is 2.38. The second-order valence-corrected chi connectivity index (χ2v) is 3.88. The van der Waals surface area contributed by atoms with Gasteiger partial charge in [0, 0.05) is 12.3 Å². The molecule has 2 rings (SSSR count). The van der Waals surface area contributed by atoms with Gasteiger partial charge in [0.1, 0.15) is 6.61 Å². The van der Waals surface area contributed by atoms with Gasteiger partial charge in [0.05, 0.1) is 6.61 Å².